The van der Waals surface area contributed by atoms with E-state index in [1.165, 1.54) is 36.7 Å². The van der Waals surface area contributed by atoms with Crippen molar-refractivity contribution >= 4 is 22.4 Å². The zero-order chi connectivity index (χ0) is 25.4. The Morgan fingerprint density at radius 2 is 1.77 bits per heavy atom. The first-order valence-corrected chi connectivity index (χ1v) is 10.9. The smallest absolute Gasteiger partial charge is 0.393 e. The Hall–Kier alpha value is -3.98. The monoisotopic (exact) mass is 483 g/mol. The van der Waals surface area contributed by atoms with Crippen LogP contribution in [0.1, 0.15) is 35.5 Å². The zero-order valence-corrected chi connectivity index (χ0v) is 19.1. The van der Waals surface area contributed by atoms with E-state index >= 15 is 0 Å². The van der Waals surface area contributed by atoms with Crippen molar-refractivity contribution in [2.45, 2.75) is 33.1 Å². The maximum atomic E-state index is 12.9. The van der Waals surface area contributed by atoms with Gasteiger partial charge in [-0.1, -0.05) is 38.1 Å². The molecular formula is C26H24F3N3O3. The Bertz CT molecular complexity index is 1310. The number of alkyl halides is 3. The molecule has 0 fully saturated rings. The van der Waals surface area contributed by atoms with E-state index < -0.39 is 18.5 Å². The molecule has 0 spiro atoms. The summed E-state index contributed by atoms with van der Waals surface area (Å²) in [5.41, 5.74) is 1.13. The van der Waals surface area contributed by atoms with Crippen LogP contribution in [0.4, 0.5) is 18.9 Å². The van der Waals surface area contributed by atoms with Crippen molar-refractivity contribution < 1.29 is 27.8 Å². The first-order valence-electron chi connectivity index (χ1n) is 10.9. The third-order valence-electron chi connectivity index (χ3n) is 4.77. The fraction of sp³-hybridized carbons (Fsp3) is 0.192. The van der Waals surface area contributed by atoms with E-state index in [1.54, 1.807) is 30.3 Å². The number of halogens is 3. The number of ether oxygens (including phenoxy) is 1. The number of aromatic nitrogens is 2. The van der Waals surface area contributed by atoms with Crippen molar-refractivity contribution in [1.29, 1.82) is 0 Å². The minimum atomic E-state index is -4.33. The van der Waals surface area contributed by atoms with Gasteiger partial charge in [-0.05, 0) is 52.7 Å². The van der Waals surface area contributed by atoms with Gasteiger partial charge in [0, 0.05) is 17.3 Å². The molecule has 0 saturated carbocycles. The van der Waals surface area contributed by atoms with Gasteiger partial charge >= 0.3 is 6.18 Å². The van der Waals surface area contributed by atoms with Crippen molar-refractivity contribution in [1.82, 2.24) is 9.97 Å². The lowest BCUT2D eigenvalue weighted by Crippen LogP contribution is -2.14. The molecule has 0 unspecified atom stereocenters. The predicted octanol–water partition coefficient (Wildman–Crippen LogP) is 6.30. The number of nitrogens with zero attached hydrogens (tertiary/aromatic N) is 2. The number of hydrogen-bond acceptors (Lipinski definition) is 5. The van der Waals surface area contributed by atoms with E-state index in [0.29, 0.717) is 22.4 Å². The number of hydrogen-bond donors (Lipinski definition) is 2. The molecule has 1 heterocycles. The number of amides is 1. The highest BCUT2D eigenvalue weighted by molar-refractivity contribution is 6.13. The number of benzene rings is 3. The standard InChI is InChI=1S/C24H18F3N3O3.C2H6/c25-24(26,27)12-15-3-1-5-17(9-15)30-23(32)21-6-2-4-16-10-19(7-8-20(16)21)33-22-11-18(13-31)28-14-29-22;1-2/h1-11,14,31H,12-13H2,(H,30,32);1-2H3. The normalized spacial score (nSPS) is 10.9. The Morgan fingerprint density at radius 1 is 1.00 bits per heavy atom. The zero-order valence-electron chi connectivity index (χ0n) is 19.1. The second kappa shape index (κ2) is 11.4. The van der Waals surface area contributed by atoms with Crippen LogP contribution in [-0.2, 0) is 13.0 Å². The number of nitrogens with one attached hydrogen (secondary N) is 1. The van der Waals surface area contributed by atoms with Gasteiger partial charge in [-0.2, -0.15) is 13.2 Å². The van der Waals surface area contributed by atoms with Gasteiger partial charge in [0.1, 0.15) is 12.1 Å². The first kappa shape index (κ1) is 25.6. The van der Waals surface area contributed by atoms with Gasteiger partial charge in [0.25, 0.3) is 5.91 Å². The summed E-state index contributed by atoms with van der Waals surface area (Å²) in [7, 11) is 0. The topological polar surface area (TPSA) is 84.3 Å². The van der Waals surface area contributed by atoms with Crippen molar-refractivity contribution in [3.8, 4) is 11.6 Å². The van der Waals surface area contributed by atoms with Crippen LogP contribution in [0.2, 0.25) is 0 Å². The Balaban J connectivity index is 0.00000167. The average Bonchev–Trinajstić information content (AvgIpc) is 2.84. The van der Waals surface area contributed by atoms with Crippen LogP contribution in [0, 0.1) is 0 Å². The Labute approximate surface area is 200 Å². The molecule has 0 radical (unpaired) electrons. The quantitative estimate of drug-likeness (QED) is 0.336. The molecule has 0 saturated heterocycles. The fourth-order valence-electron chi connectivity index (χ4n) is 3.35. The van der Waals surface area contributed by atoms with E-state index in [0.717, 1.165) is 5.39 Å². The van der Waals surface area contributed by atoms with Crippen LogP contribution in [0.5, 0.6) is 11.6 Å². The number of carbonyl (C=O) groups excluding carboxylic acids is 1. The number of carbonyl (C=O) groups is 1. The second-order valence-corrected chi connectivity index (χ2v) is 7.24. The summed E-state index contributed by atoms with van der Waals surface area (Å²) in [6.07, 6.45) is -4.11. The summed E-state index contributed by atoms with van der Waals surface area (Å²) in [6.45, 7) is 3.76. The summed E-state index contributed by atoms with van der Waals surface area (Å²) in [6, 6.07) is 17.5. The van der Waals surface area contributed by atoms with E-state index in [2.05, 4.69) is 15.3 Å². The Kier molecular flexibility index (Phi) is 8.38. The minimum Gasteiger partial charge on any atom is -0.439 e. The number of fused-ring (bicyclic) bond motifs is 1. The molecule has 6 nitrogen and oxygen atoms in total. The lowest BCUT2D eigenvalue weighted by Gasteiger charge is -2.11. The van der Waals surface area contributed by atoms with Crippen LogP contribution in [0.25, 0.3) is 10.8 Å². The highest BCUT2D eigenvalue weighted by atomic mass is 19.4. The molecule has 35 heavy (non-hydrogen) atoms. The summed E-state index contributed by atoms with van der Waals surface area (Å²) in [5.74, 6) is 0.297. The number of aliphatic hydroxyl groups excluding tert-OH is 1. The van der Waals surface area contributed by atoms with Gasteiger partial charge in [-0.25, -0.2) is 9.97 Å². The Morgan fingerprint density at radius 3 is 2.51 bits per heavy atom. The molecule has 0 bridgehead atoms. The van der Waals surface area contributed by atoms with Crippen LogP contribution in [-0.4, -0.2) is 27.2 Å². The highest BCUT2D eigenvalue weighted by Crippen LogP contribution is 2.28. The lowest BCUT2D eigenvalue weighted by molar-refractivity contribution is -0.127. The molecule has 4 rings (SSSR count). The van der Waals surface area contributed by atoms with E-state index in [4.69, 9.17) is 4.74 Å². The van der Waals surface area contributed by atoms with Crippen LogP contribution in [0.15, 0.2) is 73.1 Å². The summed E-state index contributed by atoms with van der Waals surface area (Å²) in [5, 5.41) is 13.2. The van der Waals surface area contributed by atoms with Gasteiger partial charge in [-0.3, -0.25) is 4.79 Å². The predicted molar refractivity (Wildman–Crippen MR) is 127 cm³/mol. The highest BCUT2D eigenvalue weighted by Gasteiger charge is 2.27. The van der Waals surface area contributed by atoms with Gasteiger partial charge < -0.3 is 15.2 Å². The second-order valence-electron chi connectivity index (χ2n) is 7.24. The van der Waals surface area contributed by atoms with Gasteiger partial charge in [0.15, 0.2) is 0 Å². The fourth-order valence-corrected chi connectivity index (χ4v) is 3.35. The first-order chi connectivity index (χ1) is 16.8. The molecule has 182 valence electrons. The minimum absolute atomic E-state index is 0.0640. The van der Waals surface area contributed by atoms with Crippen molar-refractivity contribution in [2.24, 2.45) is 0 Å². The largest absolute Gasteiger partial charge is 0.439 e. The average molecular weight is 483 g/mol. The number of aliphatic hydroxyl groups is 1. The maximum Gasteiger partial charge on any atom is 0.393 e. The van der Waals surface area contributed by atoms with E-state index in [1.807, 2.05) is 19.9 Å². The molecule has 2 N–H and O–H groups in total. The molecule has 3 aromatic carbocycles. The van der Waals surface area contributed by atoms with Crippen LogP contribution >= 0.6 is 0 Å². The third kappa shape index (κ3) is 7.00. The van der Waals surface area contributed by atoms with Gasteiger partial charge in [0.05, 0.1) is 18.7 Å². The SMILES string of the molecule is CC.O=C(Nc1cccc(CC(F)(F)F)c1)c1cccc2cc(Oc3cc(CO)ncn3)ccc12. The van der Waals surface area contributed by atoms with E-state index in [9.17, 15) is 23.1 Å². The molecule has 1 amide bonds. The van der Waals surface area contributed by atoms with Gasteiger partial charge in [-0.15, -0.1) is 0 Å². The van der Waals surface area contributed by atoms with E-state index in [-0.39, 0.29) is 23.7 Å². The van der Waals surface area contributed by atoms with Gasteiger partial charge in [0.2, 0.25) is 5.88 Å². The number of anilines is 1. The van der Waals surface area contributed by atoms with Crippen molar-refractivity contribution in [3.05, 3.63) is 89.9 Å². The van der Waals surface area contributed by atoms with Crippen molar-refractivity contribution in [3.63, 3.8) is 0 Å². The molecule has 1 aromatic heterocycles. The summed E-state index contributed by atoms with van der Waals surface area (Å²) in [4.78, 5) is 20.8. The van der Waals surface area contributed by atoms with Crippen LogP contribution < -0.4 is 10.1 Å². The summed E-state index contributed by atoms with van der Waals surface area (Å²) >= 11 is 0. The molecular weight excluding hydrogens is 459 g/mol. The molecule has 0 aliphatic heterocycles. The van der Waals surface area contributed by atoms with Crippen LogP contribution in [0.3, 0.4) is 0 Å². The number of rotatable bonds is 6. The third-order valence-corrected chi connectivity index (χ3v) is 4.77. The molecule has 0 aliphatic carbocycles. The molecule has 9 heteroatoms. The molecule has 0 aliphatic rings. The van der Waals surface area contributed by atoms with Crippen molar-refractivity contribution in [2.75, 3.05) is 5.32 Å². The molecule has 0 atom stereocenters. The summed E-state index contributed by atoms with van der Waals surface area (Å²) < 4.78 is 43.7. The maximum absolute atomic E-state index is 12.9. The molecule has 4 aromatic rings. The lowest BCUT2D eigenvalue weighted by atomic mass is 10.0.